The number of aromatic nitrogens is 1. The van der Waals surface area contributed by atoms with E-state index in [0.29, 0.717) is 10.7 Å². The molecular formula is C13H12ClF2N3. The van der Waals surface area contributed by atoms with Crippen LogP contribution in [-0.4, -0.2) is 4.98 Å². The Morgan fingerprint density at radius 1 is 1.26 bits per heavy atom. The zero-order chi connectivity index (χ0) is 13.8. The molecule has 0 aliphatic carbocycles. The van der Waals surface area contributed by atoms with Gasteiger partial charge >= 0.3 is 0 Å². The van der Waals surface area contributed by atoms with E-state index >= 15 is 0 Å². The minimum atomic E-state index is -0.490. The first-order chi connectivity index (χ1) is 9.10. The average Bonchev–Trinajstić information content (AvgIpc) is 2.41. The Balaban J connectivity index is 2.23. The van der Waals surface area contributed by atoms with E-state index in [2.05, 4.69) is 10.4 Å². The van der Waals surface area contributed by atoms with Crippen LogP contribution in [0.2, 0.25) is 5.02 Å². The average molecular weight is 284 g/mol. The molecule has 1 heterocycles. The zero-order valence-electron chi connectivity index (χ0n) is 9.91. The maximum atomic E-state index is 13.6. The summed E-state index contributed by atoms with van der Waals surface area (Å²) < 4.78 is 26.7. The van der Waals surface area contributed by atoms with Crippen LogP contribution in [0, 0.1) is 11.6 Å². The van der Waals surface area contributed by atoms with Crippen molar-refractivity contribution in [3.05, 3.63) is 64.4 Å². The number of nitrogens with zero attached hydrogens (tertiary/aromatic N) is 1. The summed E-state index contributed by atoms with van der Waals surface area (Å²) in [5.41, 5.74) is 3.38. The van der Waals surface area contributed by atoms with Crippen molar-refractivity contribution in [1.82, 2.24) is 10.4 Å². The molecule has 100 valence electrons. The summed E-state index contributed by atoms with van der Waals surface area (Å²) in [4.78, 5) is 4.11. The van der Waals surface area contributed by atoms with Gasteiger partial charge in [0.25, 0.3) is 0 Å². The van der Waals surface area contributed by atoms with Crippen LogP contribution in [0.5, 0.6) is 0 Å². The number of halogens is 3. The predicted octanol–water partition coefficient (Wildman–Crippen LogP) is 2.76. The zero-order valence-corrected chi connectivity index (χ0v) is 10.7. The number of nitrogens with two attached hydrogens (primary N) is 1. The van der Waals surface area contributed by atoms with Crippen molar-refractivity contribution in [2.75, 3.05) is 0 Å². The fourth-order valence-corrected chi connectivity index (χ4v) is 1.87. The van der Waals surface area contributed by atoms with Crippen molar-refractivity contribution < 1.29 is 8.78 Å². The van der Waals surface area contributed by atoms with Crippen LogP contribution in [0.25, 0.3) is 0 Å². The van der Waals surface area contributed by atoms with Crippen LogP contribution in [0.1, 0.15) is 17.3 Å². The van der Waals surface area contributed by atoms with E-state index in [1.165, 1.54) is 6.20 Å². The number of pyridine rings is 1. The molecule has 2 rings (SSSR count). The third-order valence-corrected chi connectivity index (χ3v) is 2.96. The molecule has 0 saturated carbocycles. The lowest BCUT2D eigenvalue weighted by atomic mass is 10.0. The Labute approximate surface area is 114 Å². The van der Waals surface area contributed by atoms with Crippen molar-refractivity contribution >= 4 is 11.6 Å². The Kier molecular flexibility index (Phi) is 4.42. The third kappa shape index (κ3) is 3.47. The second kappa shape index (κ2) is 6.06. The number of benzene rings is 1. The maximum absolute atomic E-state index is 13.6. The molecule has 0 radical (unpaired) electrons. The molecule has 1 atom stereocenters. The van der Waals surface area contributed by atoms with Gasteiger partial charge in [0.15, 0.2) is 0 Å². The summed E-state index contributed by atoms with van der Waals surface area (Å²) in [5.74, 6) is 4.47. The van der Waals surface area contributed by atoms with E-state index in [-0.39, 0.29) is 12.0 Å². The normalized spacial score (nSPS) is 12.4. The van der Waals surface area contributed by atoms with Crippen molar-refractivity contribution in [2.45, 2.75) is 12.5 Å². The van der Waals surface area contributed by atoms with Gasteiger partial charge in [-0.3, -0.25) is 16.3 Å². The van der Waals surface area contributed by atoms with Crippen LogP contribution in [-0.2, 0) is 6.42 Å². The lowest BCUT2D eigenvalue weighted by Gasteiger charge is -2.16. The van der Waals surface area contributed by atoms with Crippen LogP contribution in [0.3, 0.4) is 0 Å². The van der Waals surface area contributed by atoms with Crippen molar-refractivity contribution in [3.63, 3.8) is 0 Å². The quantitative estimate of drug-likeness (QED) is 0.670. The molecule has 0 aliphatic heterocycles. The second-order valence-corrected chi connectivity index (χ2v) is 4.50. The predicted molar refractivity (Wildman–Crippen MR) is 69.4 cm³/mol. The SMILES string of the molecule is NNC(Cc1cc(F)ccc1F)c1ccc(Cl)cn1. The molecule has 2 aromatic rings. The highest BCUT2D eigenvalue weighted by Gasteiger charge is 2.15. The molecule has 1 aromatic carbocycles. The number of nitrogens with one attached hydrogen (secondary N) is 1. The fraction of sp³-hybridized carbons (Fsp3) is 0.154. The van der Waals surface area contributed by atoms with Crippen LogP contribution in [0.15, 0.2) is 36.5 Å². The van der Waals surface area contributed by atoms with E-state index in [1.54, 1.807) is 12.1 Å². The first kappa shape index (κ1) is 13.9. The van der Waals surface area contributed by atoms with Gasteiger partial charge in [-0.2, -0.15) is 0 Å². The first-order valence-electron chi connectivity index (χ1n) is 5.61. The summed E-state index contributed by atoms with van der Waals surface area (Å²) in [6.07, 6.45) is 1.66. The second-order valence-electron chi connectivity index (χ2n) is 4.06. The molecule has 0 amide bonds. The molecular weight excluding hydrogens is 272 g/mol. The summed E-state index contributed by atoms with van der Waals surface area (Å²) in [7, 11) is 0. The van der Waals surface area contributed by atoms with Gasteiger partial charge in [-0.25, -0.2) is 8.78 Å². The van der Waals surface area contributed by atoms with Gasteiger partial charge in [0.1, 0.15) is 11.6 Å². The molecule has 0 bridgehead atoms. The summed E-state index contributed by atoms with van der Waals surface area (Å²) in [6, 6.07) is 6.24. The molecule has 1 unspecified atom stereocenters. The molecule has 0 saturated heterocycles. The Morgan fingerprint density at radius 2 is 2.05 bits per heavy atom. The van der Waals surface area contributed by atoms with Crippen molar-refractivity contribution in [2.24, 2.45) is 5.84 Å². The van der Waals surface area contributed by atoms with E-state index in [4.69, 9.17) is 17.4 Å². The maximum Gasteiger partial charge on any atom is 0.126 e. The number of hydrogen-bond acceptors (Lipinski definition) is 3. The molecule has 6 heteroatoms. The first-order valence-corrected chi connectivity index (χ1v) is 5.99. The molecule has 1 aromatic heterocycles. The van der Waals surface area contributed by atoms with Gasteiger partial charge < -0.3 is 0 Å². The Bertz CT molecular complexity index is 560. The Hall–Kier alpha value is -1.56. The number of hydrazine groups is 1. The number of hydrogen-bond donors (Lipinski definition) is 2. The summed E-state index contributed by atoms with van der Waals surface area (Å²) in [5, 5.41) is 0.497. The van der Waals surface area contributed by atoms with Gasteiger partial charge in [0.2, 0.25) is 0 Å². The van der Waals surface area contributed by atoms with Gasteiger partial charge in [0.05, 0.1) is 16.8 Å². The minimum Gasteiger partial charge on any atom is -0.271 e. The minimum absolute atomic E-state index is 0.189. The molecule has 3 N–H and O–H groups in total. The highest BCUT2D eigenvalue weighted by molar-refractivity contribution is 6.30. The van der Waals surface area contributed by atoms with E-state index in [0.717, 1.165) is 18.2 Å². The van der Waals surface area contributed by atoms with E-state index in [9.17, 15) is 8.78 Å². The highest BCUT2D eigenvalue weighted by Crippen LogP contribution is 2.20. The van der Waals surface area contributed by atoms with E-state index < -0.39 is 17.7 Å². The van der Waals surface area contributed by atoms with Gasteiger partial charge in [0, 0.05) is 6.20 Å². The van der Waals surface area contributed by atoms with Gasteiger partial charge in [-0.1, -0.05) is 11.6 Å². The standard InChI is InChI=1S/C13H12ClF2N3/c14-9-1-4-12(18-7-9)13(19-17)6-8-5-10(15)2-3-11(8)16/h1-5,7,13,19H,6,17H2. The van der Waals surface area contributed by atoms with Gasteiger partial charge in [-0.15, -0.1) is 0 Å². The molecule has 19 heavy (non-hydrogen) atoms. The third-order valence-electron chi connectivity index (χ3n) is 2.74. The molecule has 0 spiro atoms. The lowest BCUT2D eigenvalue weighted by Crippen LogP contribution is -2.30. The van der Waals surface area contributed by atoms with E-state index in [1.807, 2.05) is 0 Å². The van der Waals surface area contributed by atoms with Gasteiger partial charge in [-0.05, 0) is 42.3 Å². The smallest absolute Gasteiger partial charge is 0.126 e. The molecule has 3 nitrogen and oxygen atoms in total. The largest absolute Gasteiger partial charge is 0.271 e. The lowest BCUT2D eigenvalue weighted by molar-refractivity contribution is 0.513. The van der Waals surface area contributed by atoms with Crippen LogP contribution in [0.4, 0.5) is 8.78 Å². The summed E-state index contributed by atoms with van der Waals surface area (Å²) in [6.45, 7) is 0. The molecule has 0 fully saturated rings. The monoisotopic (exact) mass is 283 g/mol. The Morgan fingerprint density at radius 3 is 2.68 bits per heavy atom. The van der Waals surface area contributed by atoms with Crippen molar-refractivity contribution in [3.8, 4) is 0 Å². The topological polar surface area (TPSA) is 50.9 Å². The van der Waals surface area contributed by atoms with Crippen LogP contribution < -0.4 is 11.3 Å². The van der Waals surface area contributed by atoms with Crippen molar-refractivity contribution in [1.29, 1.82) is 0 Å². The highest BCUT2D eigenvalue weighted by atomic mass is 35.5. The molecule has 0 aliphatic rings. The number of rotatable bonds is 4. The fourth-order valence-electron chi connectivity index (χ4n) is 1.76. The summed E-state index contributed by atoms with van der Waals surface area (Å²) >= 11 is 5.74. The van der Waals surface area contributed by atoms with Crippen LogP contribution >= 0.6 is 11.6 Å².